The van der Waals surface area contributed by atoms with Crippen LogP contribution in [0.3, 0.4) is 0 Å². The zero-order chi connectivity index (χ0) is 15.4. The van der Waals surface area contributed by atoms with Crippen molar-refractivity contribution in [3.05, 3.63) is 57.4 Å². The summed E-state index contributed by atoms with van der Waals surface area (Å²) in [5.74, 6) is 0. The fourth-order valence-electron chi connectivity index (χ4n) is 3.42. The van der Waals surface area contributed by atoms with E-state index < -0.39 is 0 Å². The third kappa shape index (κ3) is 2.29. The van der Waals surface area contributed by atoms with E-state index in [0.29, 0.717) is 0 Å². The molecule has 0 fully saturated rings. The summed E-state index contributed by atoms with van der Waals surface area (Å²) < 4.78 is 0. The van der Waals surface area contributed by atoms with Crippen LogP contribution in [0.15, 0.2) is 62.4 Å². The van der Waals surface area contributed by atoms with Crippen LogP contribution in [-0.4, -0.2) is 5.71 Å². The van der Waals surface area contributed by atoms with E-state index in [1.807, 2.05) is 0 Å². The molecule has 1 nitrogen and oxygen atoms in total. The lowest BCUT2D eigenvalue weighted by atomic mass is 9.86. The van der Waals surface area contributed by atoms with Crippen LogP contribution in [0.5, 0.6) is 0 Å². The molecular weight excluding hydrogens is 254 g/mol. The Morgan fingerprint density at radius 2 is 1.76 bits per heavy atom. The van der Waals surface area contributed by atoms with Gasteiger partial charge < -0.3 is 0 Å². The minimum absolute atomic E-state index is 0.227. The van der Waals surface area contributed by atoms with Crippen molar-refractivity contribution in [2.75, 3.05) is 0 Å². The van der Waals surface area contributed by atoms with Crippen molar-refractivity contribution >= 4 is 5.71 Å². The molecular formula is C20H25N. The summed E-state index contributed by atoms with van der Waals surface area (Å²) >= 11 is 0. The van der Waals surface area contributed by atoms with Gasteiger partial charge in [0.15, 0.2) is 0 Å². The Morgan fingerprint density at radius 1 is 1.05 bits per heavy atom. The lowest BCUT2D eigenvalue weighted by molar-refractivity contribution is 0.518. The maximum absolute atomic E-state index is 4.80. The smallest absolute Gasteiger partial charge is 0.0678 e. The van der Waals surface area contributed by atoms with Crippen LogP contribution >= 0.6 is 0 Å². The van der Waals surface area contributed by atoms with Gasteiger partial charge in [-0.25, -0.2) is 0 Å². The Bertz CT molecular complexity index is 691. The van der Waals surface area contributed by atoms with E-state index in [2.05, 4.69) is 59.8 Å². The first-order valence-electron chi connectivity index (χ1n) is 7.88. The van der Waals surface area contributed by atoms with Gasteiger partial charge in [0.05, 0.1) is 5.70 Å². The van der Waals surface area contributed by atoms with E-state index >= 15 is 0 Å². The Labute approximate surface area is 128 Å². The summed E-state index contributed by atoms with van der Waals surface area (Å²) in [7, 11) is 0. The molecule has 0 aromatic heterocycles. The van der Waals surface area contributed by atoms with Crippen molar-refractivity contribution in [3.63, 3.8) is 0 Å². The third-order valence-electron chi connectivity index (χ3n) is 4.62. The molecule has 0 saturated carbocycles. The van der Waals surface area contributed by atoms with Crippen LogP contribution in [-0.2, 0) is 0 Å². The van der Waals surface area contributed by atoms with Gasteiger partial charge in [0, 0.05) is 16.9 Å². The summed E-state index contributed by atoms with van der Waals surface area (Å²) in [6.07, 6.45) is 9.14. The van der Waals surface area contributed by atoms with Crippen molar-refractivity contribution in [2.45, 2.75) is 54.4 Å². The number of hydrogen-bond acceptors (Lipinski definition) is 1. The number of nitrogens with zero attached hydrogens (tertiary/aromatic N) is 1. The molecule has 21 heavy (non-hydrogen) atoms. The molecule has 0 aromatic rings. The number of fused-ring (bicyclic) bond motifs is 1. The highest BCUT2D eigenvalue weighted by atomic mass is 14.8. The van der Waals surface area contributed by atoms with Crippen molar-refractivity contribution in [3.8, 4) is 0 Å². The van der Waals surface area contributed by atoms with Gasteiger partial charge >= 0.3 is 0 Å². The van der Waals surface area contributed by atoms with Crippen molar-refractivity contribution < 1.29 is 0 Å². The lowest BCUT2D eigenvalue weighted by Gasteiger charge is -2.18. The highest BCUT2D eigenvalue weighted by Gasteiger charge is 2.31. The molecule has 110 valence electrons. The second-order valence-corrected chi connectivity index (χ2v) is 7.50. The Morgan fingerprint density at radius 3 is 2.33 bits per heavy atom. The Kier molecular flexibility index (Phi) is 3.20. The van der Waals surface area contributed by atoms with Crippen LogP contribution in [0, 0.1) is 5.41 Å². The average Bonchev–Trinajstić information content (AvgIpc) is 3.00. The normalized spacial score (nSPS) is 21.3. The highest BCUT2D eigenvalue weighted by molar-refractivity contribution is 6.08. The Balaban J connectivity index is 2.09. The molecule has 1 aliphatic heterocycles. The second kappa shape index (κ2) is 4.69. The number of allylic oxidation sites excluding steroid dienone is 8. The van der Waals surface area contributed by atoms with E-state index in [4.69, 9.17) is 4.99 Å². The standard InChI is InChI=1S/C20H25N/c1-12(2)16-9-10-17-19(16)18(13(3)21-17)14-7-8-15(11-14)20(4,5)6/h8,10-11H,7,9H2,1-6H3. The number of rotatable bonds is 1. The topological polar surface area (TPSA) is 12.4 Å². The zero-order valence-corrected chi connectivity index (χ0v) is 14.1. The molecule has 1 heteroatoms. The molecule has 3 rings (SSSR count). The Hall–Kier alpha value is -1.63. The van der Waals surface area contributed by atoms with Crippen molar-refractivity contribution in [1.29, 1.82) is 0 Å². The monoisotopic (exact) mass is 279 g/mol. The summed E-state index contributed by atoms with van der Waals surface area (Å²) in [6.45, 7) is 13.4. The van der Waals surface area contributed by atoms with Crippen LogP contribution < -0.4 is 0 Å². The minimum Gasteiger partial charge on any atom is -0.253 e. The van der Waals surface area contributed by atoms with Crippen molar-refractivity contribution in [2.24, 2.45) is 10.4 Å². The van der Waals surface area contributed by atoms with Crippen LogP contribution in [0.1, 0.15) is 54.4 Å². The number of aliphatic imine (C=N–C) groups is 1. The van der Waals surface area contributed by atoms with Gasteiger partial charge in [0.1, 0.15) is 0 Å². The first kappa shape index (κ1) is 14.3. The first-order valence-corrected chi connectivity index (χ1v) is 7.88. The zero-order valence-electron chi connectivity index (χ0n) is 14.1. The van der Waals surface area contributed by atoms with Crippen LogP contribution in [0.2, 0.25) is 0 Å². The summed E-state index contributed by atoms with van der Waals surface area (Å²) in [6, 6.07) is 0. The molecule has 0 radical (unpaired) electrons. The molecule has 2 aliphatic carbocycles. The minimum atomic E-state index is 0.227. The van der Waals surface area contributed by atoms with Gasteiger partial charge in [-0.3, -0.25) is 4.99 Å². The van der Waals surface area contributed by atoms with Gasteiger partial charge in [-0.2, -0.15) is 0 Å². The largest absolute Gasteiger partial charge is 0.253 e. The van der Waals surface area contributed by atoms with E-state index in [-0.39, 0.29) is 5.41 Å². The van der Waals surface area contributed by atoms with E-state index in [1.54, 1.807) is 0 Å². The molecule has 0 amide bonds. The van der Waals surface area contributed by atoms with Gasteiger partial charge in [-0.05, 0) is 55.7 Å². The maximum atomic E-state index is 4.80. The molecule has 0 saturated heterocycles. The molecule has 0 spiro atoms. The molecule has 0 aromatic carbocycles. The number of hydrogen-bond donors (Lipinski definition) is 0. The fourth-order valence-corrected chi connectivity index (χ4v) is 3.42. The molecule has 0 atom stereocenters. The van der Waals surface area contributed by atoms with Crippen LogP contribution in [0.4, 0.5) is 0 Å². The predicted octanol–water partition coefficient (Wildman–Crippen LogP) is 5.68. The second-order valence-electron chi connectivity index (χ2n) is 7.50. The van der Waals surface area contributed by atoms with Gasteiger partial charge in [-0.1, -0.05) is 44.6 Å². The first-order chi connectivity index (χ1) is 9.79. The maximum Gasteiger partial charge on any atom is 0.0678 e. The molecule has 0 unspecified atom stereocenters. The quantitative estimate of drug-likeness (QED) is 0.585. The summed E-state index contributed by atoms with van der Waals surface area (Å²) in [4.78, 5) is 4.80. The molecule has 0 bridgehead atoms. The molecule has 3 aliphatic rings. The lowest BCUT2D eigenvalue weighted by Crippen LogP contribution is -2.06. The van der Waals surface area contributed by atoms with E-state index in [1.165, 1.54) is 44.8 Å². The highest BCUT2D eigenvalue weighted by Crippen LogP contribution is 2.45. The van der Waals surface area contributed by atoms with Gasteiger partial charge in [-0.15, -0.1) is 0 Å². The average molecular weight is 279 g/mol. The van der Waals surface area contributed by atoms with E-state index in [9.17, 15) is 0 Å². The third-order valence-corrected chi connectivity index (χ3v) is 4.62. The predicted molar refractivity (Wildman–Crippen MR) is 91.4 cm³/mol. The van der Waals surface area contributed by atoms with E-state index in [0.717, 1.165) is 12.8 Å². The van der Waals surface area contributed by atoms with Crippen LogP contribution in [0.25, 0.3) is 0 Å². The molecule has 1 heterocycles. The fraction of sp³-hybridized carbons (Fsp3) is 0.450. The summed E-state index contributed by atoms with van der Waals surface area (Å²) in [5, 5.41) is 0. The summed E-state index contributed by atoms with van der Waals surface area (Å²) in [5.41, 5.74) is 11.2. The SMILES string of the molecule is CC1=NC2=CCC(=C(C)C)C2=C1C1=CC(C(C)(C)C)=CC1. The molecule has 0 N–H and O–H groups in total. The van der Waals surface area contributed by atoms with Gasteiger partial charge in [0.2, 0.25) is 0 Å². The van der Waals surface area contributed by atoms with Gasteiger partial charge in [0.25, 0.3) is 0 Å². The van der Waals surface area contributed by atoms with Crippen molar-refractivity contribution in [1.82, 2.24) is 0 Å².